The zero-order valence-electron chi connectivity index (χ0n) is 11.7. The van der Waals surface area contributed by atoms with Gasteiger partial charge >= 0.3 is 0 Å². The summed E-state index contributed by atoms with van der Waals surface area (Å²) in [6.07, 6.45) is 1.02. The van der Waals surface area contributed by atoms with E-state index in [4.69, 9.17) is 17.2 Å². The molecule has 3 amide bonds. The maximum atomic E-state index is 12.1. The van der Waals surface area contributed by atoms with Crippen molar-refractivity contribution in [2.45, 2.75) is 18.9 Å². The molecule has 21 heavy (non-hydrogen) atoms. The average molecular weight is 292 g/mol. The molecule has 114 valence electrons. The number of benzene rings is 1. The Labute approximate surface area is 123 Å². The van der Waals surface area contributed by atoms with E-state index in [9.17, 15) is 14.4 Å². The minimum atomic E-state index is -0.816. The van der Waals surface area contributed by atoms with E-state index in [0.29, 0.717) is 12.8 Å². The number of aryl methyl sites for hydroxylation is 1. The van der Waals surface area contributed by atoms with Gasteiger partial charge in [0.2, 0.25) is 17.7 Å². The smallest absolute Gasteiger partial charge is 0.240 e. The Morgan fingerprint density at radius 1 is 1.00 bits per heavy atom. The van der Waals surface area contributed by atoms with Crippen molar-refractivity contribution in [3.05, 3.63) is 35.9 Å². The summed E-state index contributed by atoms with van der Waals surface area (Å²) in [6.45, 7) is -0.748. The Morgan fingerprint density at radius 3 is 2.00 bits per heavy atom. The molecule has 0 heterocycles. The first kappa shape index (κ1) is 16.6. The van der Waals surface area contributed by atoms with Crippen molar-refractivity contribution in [1.29, 1.82) is 0 Å². The standard InChI is InChI=1S/C14H20N4O3/c15-11(7-6-10-4-2-1-3-5-10)14(21)18(8-12(16)19)9-13(17)20/h1-5,11H,6-9,15H2,(H2,16,19)(H2,17,20)/t11-/m0/s1. The van der Waals surface area contributed by atoms with E-state index < -0.39 is 23.8 Å². The van der Waals surface area contributed by atoms with Crippen molar-refractivity contribution in [2.24, 2.45) is 17.2 Å². The summed E-state index contributed by atoms with van der Waals surface area (Å²) in [6, 6.07) is 8.74. The van der Waals surface area contributed by atoms with Gasteiger partial charge in [0.15, 0.2) is 0 Å². The molecule has 0 aliphatic rings. The lowest BCUT2D eigenvalue weighted by Gasteiger charge is -2.23. The van der Waals surface area contributed by atoms with Crippen LogP contribution in [0.5, 0.6) is 0 Å². The van der Waals surface area contributed by atoms with Crippen LogP contribution in [-0.4, -0.2) is 41.8 Å². The highest BCUT2D eigenvalue weighted by Gasteiger charge is 2.23. The minimum absolute atomic E-state index is 0.374. The molecule has 0 aliphatic carbocycles. The predicted octanol–water partition coefficient (Wildman–Crippen LogP) is -1.25. The fourth-order valence-electron chi connectivity index (χ4n) is 1.91. The van der Waals surface area contributed by atoms with E-state index in [-0.39, 0.29) is 13.1 Å². The summed E-state index contributed by atoms with van der Waals surface area (Å²) in [5.74, 6) is -1.96. The quantitative estimate of drug-likeness (QED) is 0.552. The lowest BCUT2D eigenvalue weighted by atomic mass is 10.0. The lowest BCUT2D eigenvalue weighted by Crippen LogP contribution is -2.50. The molecule has 0 aromatic heterocycles. The van der Waals surface area contributed by atoms with E-state index in [1.165, 1.54) is 0 Å². The van der Waals surface area contributed by atoms with Crippen molar-refractivity contribution in [3.63, 3.8) is 0 Å². The van der Waals surface area contributed by atoms with Crippen LogP contribution < -0.4 is 17.2 Å². The predicted molar refractivity (Wildman–Crippen MR) is 77.7 cm³/mol. The Balaban J connectivity index is 2.60. The highest BCUT2D eigenvalue weighted by Crippen LogP contribution is 2.06. The minimum Gasteiger partial charge on any atom is -0.368 e. The van der Waals surface area contributed by atoms with Gasteiger partial charge in [0.25, 0.3) is 0 Å². The highest BCUT2D eigenvalue weighted by atomic mass is 16.2. The van der Waals surface area contributed by atoms with E-state index in [2.05, 4.69) is 0 Å². The van der Waals surface area contributed by atoms with Gasteiger partial charge in [0.05, 0.1) is 19.1 Å². The third-order valence-corrected chi connectivity index (χ3v) is 2.91. The third kappa shape index (κ3) is 6.05. The molecular weight excluding hydrogens is 272 g/mol. The van der Waals surface area contributed by atoms with Gasteiger partial charge in [0, 0.05) is 0 Å². The summed E-state index contributed by atoms with van der Waals surface area (Å²) < 4.78 is 0. The number of rotatable bonds is 8. The van der Waals surface area contributed by atoms with Crippen LogP contribution in [0.15, 0.2) is 30.3 Å². The second-order valence-corrected chi connectivity index (χ2v) is 4.76. The van der Waals surface area contributed by atoms with E-state index >= 15 is 0 Å². The van der Waals surface area contributed by atoms with Gasteiger partial charge in [-0.25, -0.2) is 0 Å². The van der Waals surface area contributed by atoms with Crippen LogP contribution in [0.4, 0.5) is 0 Å². The lowest BCUT2D eigenvalue weighted by molar-refractivity contribution is -0.139. The summed E-state index contributed by atoms with van der Waals surface area (Å²) in [7, 11) is 0. The topological polar surface area (TPSA) is 133 Å². The number of carbonyl (C=O) groups is 3. The first-order valence-corrected chi connectivity index (χ1v) is 6.55. The molecule has 0 fully saturated rings. The summed E-state index contributed by atoms with van der Waals surface area (Å²) in [5, 5.41) is 0. The number of nitrogens with two attached hydrogens (primary N) is 3. The number of amides is 3. The molecule has 7 heteroatoms. The molecule has 0 bridgehead atoms. The van der Waals surface area contributed by atoms with Crippen LogP contribution >= 0.6 is 0 Å². The number of carbonyl (C=O) groups excluding carboxylic acids is 3. The maximum Gasteiger partial charge on any atom is 0.240 e. The second kappa shape index (κ2) is 8.01. The third-order valence-electron chi connectivity index (χ3n) is 2.91. The average Bonchev–Trinajstić information content (AvgIpc) is 2.43. The number of nitrogens with zero attached hydrogens (tertiary/aromatic N) is 1. The maximum absolute atomic E-state index is 12.1. The van der Waals surface area contributed by atoms with Crippen molar-refractivity contribution in [3.8, 4) is 0 Å². The first-order valence-electron chi connectivity index (χ1n) is 6.55. The van der Waals surface area contributed by atoms with Crippen LogP contribution in [0.25, 0.3) is 0 Å². The summed E-state index contributed by atoms with van der Waals surface area (Å²) in [4.78, 5) is 35.0. The molecular formula is C14H20N4O3. The molecule has 0 aliphatic heterocycles. The fourth-order valence-corrected chi connectivity index (χ4v) is 1.91. The van der Waals surface area contributed by atoms with Crippen LogP contribution in [0.3, 0.4) is 0 Å². The van der Waals surface area contributed by atoms with Crippen molar-refractivity contribution < 1.29 is 14.4 Å². The van der Waals surface area contributed by atoms with Crippen LogP contribution in [0.1, 0.15) is 12.0 Å². The SMILES string of the molecule is NC(=O)CN(CC(N)=O)C(=O)[C@@H](N)CCc1ccccc1. The van der Waals surface area contributed by atoms with Crippen molar-refractivity contribution in [2.75, 3.05) is 13.1 Å². The Hall–Kier alpha value is -2.41. The summed E-state index contributed by atoms with van der Waals surface area (Å²) >= 11 is 0. The molecule has 6 N–H and O–H groups in total. The molecule has 1 aromatic rings. The molecule has 0 saturated carbocycles. The fraction of sp³-hybridized carbons (Fsp3) is 0.357. The highest BCUT2D eigenvalue weighted by molar-refractivity contribution is 5.90. The van der Waals surface area contributed by atoms with Crippen LogP contribution in [0, 0.1) is 0 Å². The zero-order chi connectivity index (χ0) is 15.8. The van der Waals surface area contributed by atoms with E-state index in [0.717, 1.165) is 10.5 Å². The van der Waals surface area contributed by atoms with Crippen LogP contribution in [0.2, 0.25) is 0 Å². The molecule has 7 nitrogen and oxygen atoms in total. The monoisotopic (exact) mass is 292 g/mol. The van der Waals surface area contributed by atoms with Gasteiger partial charge in [-0.2, -0.15) is 0 Å². The molecule has 1 atom stereocenters. The van der Waals surface area contributed by atoms with Gasteiger partial charge in [-0.1, -0.05) is 30.3 Å². The first-order chi connectivity index (χ1) is 9.90. The molecule has 0 unspecified atom stereocenters. The number of hydrogen-bond acceptors (Lipinski definition) is 4. The molecule has 1 rings (SSSR count). The molecule has 0 spiro atoms. The normalized spacial score (nSPS) is 11.7. The Bertz CT molecular complexity index is 488. The largest absolute Gasteiger partial charge is 0.368 e. The molecule has 0 saturated heterocycles. The Morgan fingerprint density at radius 2 is 1.52 bits per heavy atom. The second-order valence-electron chi connectivity index (χ2n) is 4.76. The number of hydrogen-bond donors (Lipinski definition) is 3. The van der Waals surface area contributed by atoms with E-state index in [1.54, 1.807) is 0 Å². The summed E-state index contributed by atoms with van der Waals surface area (Å²) in [5.41, 5.74) is 17.0. The zero-order valence-corrected chi connectivity index (χ0v) is 11.7. The van der Waals surface area contributed by atoms with Gasteiger partial charge in [-0.05, 0) is 18.4 Å². The van der Waals surface area contributed by atoms with Gasteiger partial charge in [-0.15, -0.1) is 0 Å². The Kier molecular flexibility index (Phi) is 6.35. The molecule has 0 radical (unpaired) electrons. The van der Waals surface area contributed by atoms with Crippen molar-refractivity contribution in [1.82, 2.24) is 4.90 Å². The van der Waals surface area contributed by atoms with Gasteiger partial charge in [0.1, 0.15) is 0 Å². The van der Waals surface area contributed by atoms with Crippen molar-refractivity contribution >= 4 is 17.7 Å². The van der Waals surface area contributed by atoms with Gasteiger partial charge in [-0.3, -0.25) is 14.4 Å². The van der Waals surface area contributed by atoms with E-state index in [1.807, 2.05) is 30.3 Å². The van der Waals surface area contributed by atoms with Crippen LogP contribution in [-0.2, 0) is 20.8 Å². The van der Waals surface area contributed by atoms with Gasteiger partial charge < -0.3 is 22.1 Å². The molecule has 1 aromatic carbocycles. The number of primary amides is 2.